The highest BCUT2D eigenvalue weighted by molar-refractivity contribution is 5.95. The van der Waals surface area contributed by atoms with E-state index in [0.29, 0.717) is 0 Å². The van der Waals surface area contributed by atoms with Crippen molar-refractivity contribution in [3.63, 3.8) is 0 Å². The minimum absolute atomic E-state index is 0.0260. The molecular formula is C24H32N4O3. The number of nitrogens with zero attached hydrogens (tertiary/aromatic N) is 3. The topological polar surface area (TPSA) is 65.1 Å². The number of nitrogens with one attached hydrogen (secondary N) is 1. The van der Waals surface area contributed by atoms with E-state index in [9.17, 15) is 9.59 Å². The molecule has 2 aromatic carbocycles. The number of rotatable bonds is 7. The number of piperazine rings is 1. The summed E-state index contributed by atoms with van der Waals surface area (Å²) in [6.45, 7) is 7.11. The van der Waals surface area contributed by atoms with Gasteiger partial charge in [0.05, 0.1) is 25.4 Å². The monoisotopic (exact) mass is 424 g/mol. The minimum Gasteiger partial charge on any atom is -0.495 e. The van der Waals surface area contributed by atoms with Crippen LogP contribution in [0.4, 0.5) is 11.4 Å². The number of hydrogen-bond donors (Lipinski definition) is 1. The van der Waals surface area contributed by atoms with Gasteiger partial charge in [-0.15, -0.1) is 0 Å². The van der Waals surface area contributed by atoms with Crippen molar-refractivity contribution in [3.8, 4) is 5.75 Å². The molecule has 1 N–H and O–H groups in total. The van der Waals surface area contributed by atoms with Crippen LogP contribution in [-0.2, 0) is 9.59 Å². The Balaban J connectivity index is 1.50. The van der Waals surface area contributed by atoms with Crippen LogP contribution in [0.2, 0.25) is 0 Å². The summed E-state index contributed by atoms with van der Waals surface area (Å²) < 4.78 is 5.47. The molecule has 1 fully saturated rings. The van der Waals surface area contributed by atoms with Crippen LogP contribution in [0.25, 0.3) is 0 Å². The molecule has 0 saturated carbocycles. The summed E-state index contributed by atoms with van der Waals surface area (Å²) in [7, 11) is 3.36. The number of carbonyl (C=O) groups is 2. The summed E-state index contributed by atoms with van der Waals surface area (Å²) in [6.07, 6.45) is 0. The zero-order valence-electron chi connectivity index (χ0n) is 18.8. The summed E-state index contributed by atoms with van der Waals surface area (Å²) >= 11 is 0. The molecule has 2 aromatic rings. The zero-order chi connectivity index (χ0) is 22.4. The fourth-order valence-corrected chi connectivity index (χ4v) is 3.85. The van der Waals surface area contributed by atoms with E-state index >= 15 is 0 Å². The second-order valence-corrected chi connectivity index (χ2v) is 7.98. The third-order valence-electron chi connectivity index (χ3n) is 5.74. The van der Waals surface area contributed by atoms with E-state index in [1.165, 1.54) is 4.90 Å². The number of benzene rings is 2. The molecule has 31 heavy (non-hydrogen) atoms. The third kappa shape index (κ3) is 5.76. The van der Waals surface area contributed by atoms with Crippen LogP contribution in [0.15, 0.2) is 48.5 Å². The lowest BCUT2D eigenvalue weighted by Crippen LogP contribution is -2.54. The second-order valence-electron chi connectivity index (χ2n) is 7.98. The summed E-state index contributed by atoms with van der Waals surface area (Å²) in [5, 5.41) is 2.84. The van der Waals surface area contributed by atoms with Gasteiger partial charge in [0.15, 0.2) is 0 Å². The van der Waals surface area contributed by atoms with Gasteiger partial charge in [0.2, 0.25) is 11.8 Å². The van der Waals surface area contributed by atoms with Crippen LogP contribution >= 0.6 is 0 Å². The molecular weight excluding hydrogens is 392 g/mol. The number of aryl methyl sites for hydroxylation is 1. The second kappa shape index (κ2) is 10.3. The number of likely N-dealkylation sites (N-methyl/N-ethyl adjacent to an activating group) is 1. The van der Waals surface area contributed by atoms with Crippen molar-refractivity contribution in [1.82, 2.24) is 9.80 Å². The number of carbonyl (C=O) groups excluding carboxylic acids is 2. The largest absolute Gasteiger partial charge is 0.495 e. The molecule has 166 valence electrons. The molecule has 7 heteroatoms. The van der Waals surface area contributed by atoms with Crippen molar-refractivity contribution in [2.75, 3.05) is 57.1 Å². The first-order chi connectivity index (χ1) is 14.9. The number of methoxy groups -OCH3 is 1. The van der Waals surface area contributed by atoms with Crippen molar-refractivity contribution in [3.05, 3.63) is 54.1 Å². The van der Waals surface area contributed by atoms with Crippen molar-refractivity contribution >= 4 is 23.2 Å². The normalized spacial score (nSPS) is 15.3. The maximum atomic E-state index is 12.9. The fourth-order valence-electron chi connectivity index (χ4n) is 3.85. The van der Waals surface area contributed by atoms with E-state index in [-0.39, 0.29) is 24.4 Å². The number of hydrogen-bond acceptors (Lipinski definition) is 5. The van der Waals surface area contributed by atoms with Crippen LogP contribution in [0.1, 0.15) is 12.5 Å². The Kier molecular flexibility index (Phi) is 7.52. The molecule has 0 radical (unpaired) electrons. The third-order valence-corrected chi connectivity index (χ3v) is 5.74. The SMILES string of the molecule is COc1ccccc1N1CCN(C(C)C(=O)N(C)CC(=O)Nc2ccc(C)cc2)CC1. The molecule has 2 amide bonds. The van der Waals surface area contributed by atoms with E-state index in [1.54, 1.807) is 14.2 Å². The minimum atomic E-state index is -0.281. The van der Waals surface area contributed by atoms with E-state index in [4.69, 9.17) is 4.74 Å². The quantitative estimate of drug-likeness (QED) is 0.740. The Hall–Kier alpha value is -3.06. The Morgan fingerprint density at radius 1 is 1.06 bits per heavy atom. The Morgan fingerprint density at radius 2 is 1.71 bits per heavy atom. The first kappa shape index (κ1) is 22.6. The van der Waals surface area contributed by atoms with Crippen LogP contribution in [-0.4, -0.2) is 74.5 Å². The van der Waals surface area contributed by atoms with Gasteiger partial charge in [-0.1, -0.05) is 29.8 Å². The molecule has 1 heterocycles. The molecule has 1 unspecified atom stereocenters. The summed E-state index contributed by atoms with van der Waals surface area (Å²) in [4.78, 5) is 31.2. The molecule has 7 nitrogen and oxygen atoms in total. The van der Waals surface area contributed by atoms with Crippen LogP contribution in [0.3, 0.4) is 0 Å². The average molecular weight is 425 g/mol. The molecule has 0 bridgehead atoms. The Morgan fingerprint density at radius 3 is 2.35 bits per heavy atom. The highest BCUT2D eigenvalue weighted by Gasteiger charge is 2.28. The maximum Gasteiger partial charge on any atom is 0.243 e. The highest BCUT2D eigenvalue weighted by atomic mass is 16.5. The molecule has 3 rings (SSSR count). The number of anilines is 2. The van der Waals surface area contributed by atoms with Gasteiger partial charge in [-0.25, -0.2) is 0 Å². The van der Waals surface area contributed by atoms with Crippen molar-refractivity contribution in [1.29, 1.82) is 0 Å². The zero-order valence-corrected chi connectivity index (χ0v) is 18.8. The predicted molar refractivity (Wildman–Crippen MR) is 124 cm³/mol. The predicted octanol–water partition coefficient (Wildman–Crippen LogP) is 2.61. The maximum absolute atomic E-state index is 12.9. The van der Waals surface area contributed by atoms with Gasteiger partial charge < -0.3 is 19.9 Å². The van der Waals surface area contributed by atoms with Crippen molar-refractivity contribution in [2.24, 2.45) is 0 Å². The molecule has 1 saturated heterocycles. The number of amides is 2. The summed E-state index contributed by atoms with van der Waals surface area (Å²) in [6, 6.07) is 15.3. The van der Waals surface area contributed by atoms with Crippen LogP contribution in [0, 0.1) is 6.92 Å². The summed E-state index contributed by atoms with van der Waals surface area (Å²) in [5.74, 6) is 0.608. The molecule has 1 aliphatic rings. The first-order valence-corrected chi connectivity index (χ1v) is 10.6. The van der Waals surface area contributed by atoms with Gasteiger partial charge >= 0.3 is 0 Å². The Labute approximate surface area is 184 Å². The van der Waals surface area contributed by atoms with Gasteiger partial charge in [0.25, 0.3) is 0 Å². The van der Waals surface area contributed by atoms with E-state index in [0.717, 1.165) is 48.9 Å². The van der Waals surface area contributed by atoms with Gasteiger partial charge in [-0.2, -0.15) is 0 Å². The van der Waals surface area contributed by atoms with E-state index in [1.807, 2.05) is 56.3 Å². The highest BCUT2D eigenvalue weighted by Crippen LogP contribution is 2.28. The van der Waals surface area contributed by atoms with E-state index < -0.39 is 0 Å². The van der Waals surface area contributed by atoms with Gasteiger partial charge in [-0.05, 0) is 38.1 Å². The lowest BCUT2D eigenvalue weighted by atomic mass is 10.1. The van der Waals surface area contributed by atoms with Crippen molar-refractivity contribution < 1.29 is 14.3 Å². The molecule has 1 aliphatic heterocycles. The lowest BCUT2D eigenvalue weighted by Gasteiger charge is -2.39. The molecule has 0 spiro atoms. The van der Waals surface area contributed by atoms with E-state index in [2.05, 4.69) is 21.2 Å². The van der Waals surface area contributed by atoms with Gasteiger partial charge in [-0.3, -0.25) is 14.5 Å². The Bertz CT molecular complexity index is 892. The molecule has 0 aliphatic carbocycles. The van der Waals surface area contributed by atoms with Crippen LogP contribution < -0.4 is 15.0 Å². The van der Waals surface area contributed by atoms with Gasteiger partial charge in [0.1, 0.15) is 5.75 Å². The van der Waals surface area contributed by atoms with Crippen LogP contribution in [0.5, 0.6) is 5.75 Å². The van der Waals surface area contributed by atoms with Gasteiger partial charge in [0, 0.05) is 38.9 Å². The average Bonchev–Trinajstić information content (AvgIpc) is 2.79. The molecule has 0 aromatic heterocycles. The first-order valence-electron chi connectivity index (χ1n) is 10.6. The molecule has 1 atom stereocenters. The number of para-hydroxylation sites is 2. The lowest BCUT2D eigenvalue weighted by molar-refractivity contribution is -0.137. The fraction of sp³-hybridized carbons (Fsp3) is 0.417. The summed E-state index contributed by atoms with van der Waals surface area (Å²) in [5.41, 5.74) is 2.94. The standard InChI is InChI=1S/C24H32N4O3/c1-18-9-11-20(12-10-18)25-23(29)17-26(3)24(30)19(2)27-13-15-28(16-14-27)21-7-5-6-8-22(21)31-4/h5-12,19H,13-17H2,1-4H3,(H,25,29). The van der Waals surface area contributed by atoms with Crippen molar-refractivity contribution in [2.45, 2.75) is 19.9 Å². The smallest absolute Gasteiger partial charge is 0.243 e. The number of ether oxygens (including phenoxy) is 1.